The summed E-state index contributed by atoms with van der Waals surface area (Å²) in [5.74, 6) is 3.22. The van der Waals surface area contributed by atoms with Gasteiger partial charge in [-0.1, -0.05) is 34.6 Å². The second-order valence-corrected chi connectivity index (χ2v) is 5.55. The lowest BCUT2D eigenvalue weighted by atomic mass is 10.1. The number of carbonyl (C=O) groups is 1. The van der Waals surface area contributed by atoms with Gasteiger partial charge in [-0.15, -0.1) is 6.42 Å². The molecule has 22 heavy (non-hydrogen) atoms. The Balaban J connectivity index is 3.10. The van der Waals surface area contributed by atoms with Gasteiger partial charge in [-0.3, -0.25) is 4.79 Å². The molecule has 0 amide bonds. The summed E-state index contributed by atoms with van der Waals surface area (Å²) in [5.41, 5.74) is 0.764. The molecule has 0 aliphatic heterocycles. The van der Waals surface area contributed by atoms with E-state index < -0.39 is 10.0 Å². The summed E-state index contributed by atoms with van der Waals surface area (Å²) in [5, 5.41) is 0. The number of hydrogen-bond donors (Lipinski definition) is 0. The lowest BCUT2D eigenvalue weighted by Gasteiger charge is -2.22. The topological polar surface area (TPSA) is 54.0 Å². The number of ether oxygens (including phenoxy) is 4. The van der Waals surface area contributed by atoms with E-state index in [4.69, 9.17) is 25.4 Å². The molecule has 0 spiro atoms. The highest BCUT2D eigenvalue weighted by Crippen LogP contribution is 2.34. The Kier molecular flexibility index (Phi) is 8.06. The van der Waals surface area contributed by atoms with E-state index >= 15 is 0 Å². The predicted molar refractivity (Wildman–Crippen MR) is 91.5 cm³/mol. The largest absolute Gasteiger partial charge is 0.493 e. The van der Waals surface area contributed by atoms with E-state index in [1.165, 1.54) is 0 Å². The predicted octanol–water partition coefficient (Wildman–Crippen LogP) is 2.76. The summed E-state index contributed by atoms with van der Waals surface area (Å²) >= 11 is 2.00. The van der Waals surface area contributed by atoms with Gasteiger partial charge >= 0.3 is 5.97 Å². The molecule has 0 heterocycles. The van der Waals surface area contributed by atoms with Gasteiger partial charge in [0, 0.05) is 0 Å². The Morgan fingerprint density at radius 2 is 2.00 bits per heavy atom. The number of terminal acetylenes is 1. The highest BCUT2D eigenvalue weighted by molar-refractivity contribution is 14.1. The molecule has 0 fully saturated rings. The highest BCUT2D eigenvalue weighted by atomic mass is 127. The first-order valence-corrected chi connectivity index (χ1v) is 7.91. The zero-order valence-electron chi connectivity index (χ0n) is 12.8. The molecular formula is C16H19IO5. The first-order valence-electron chi connectivity index (χ1n) is 6.66. The van der Waals surface area contributed by atoms with Crippen LogP contribution in [-0.4, -0.2) is 37.3 Å². The molecule has 0 saturated carbocycles. The summed E-state index contributed by atoms with van der Waals surface area (Å²) in [7, 11) is 3.11. The van der Waals surface area contributed by atoms with Crippen molar-refractivity contribution in [2.75, 3.05) is 27.4 Å². The van der Waals surface area contributed by atoms with Crippen molar-refractivity contribution in [1.82, 2.24) is 0 Å². The number of carbonyl (C=O) groups excluding carboxylic acids is 1. The van der Waals surface area contributed by atoms with Crippen molar-refractivity contribution < 1.29 is 23.7 Å². The molecule has 1 aromatic carbocycles. The van der Waals surface area contributed by atoms with Crippen molar-refractivity contribution in [3.05, 3.63) is 23.8 Å². The molecule has 0 aliphatic rings. The van der Waals surface area contributed by atoms with Crippen LogP contribution in [0.1, 0.15) is 18.6 Å². The first kappa shape index (κ1) is 18.6. The van der Waals surface area contributed by atoms with E-state index in [0.717, 1.165) is 5.56 Å². The van der Waals surface area contributed by atoms with E-state index in [9.17, 15) is 4.79 Å². The Hall–Kier alpha value is -1.46. The SMILES string of the molecule is C#CCOC(c1ccc(OC)c(OC)c1)C(I)C(=O)OCC. The molecular weight excluding hydrogens is 399 g/mol. The van der Waals surface area contributed by atoms with E-state index in [1.807, 2.05) is 28.7 Å². The van der Waals surface area contributed by atoms with Crippen molar-refractivity contribution in [2.24, 2.45) is 0 Å². The Labute approximate surface area is 144 Å². The summed E-state index contributed by atoms with van der Waals surface area (Å²) in [6.45, 7) is 2.17. The Morgan fingerprint density at radius 3 is 2.55 bits per heavy atom. The fourth-order valence-electron chi connectivity index (χ4n) is 1.86. The molecule has 0 saturated heterocycles. The maximum Gasteiger partial charge on any atom is 0.321 e. The number of hydrogen-bond acceptors (Lipinski definition) is 5. The highest BCUT2D eigenvalue weighted by Gasteiger charge is 2.30. The Bertz CT molecular complexity index is 538. The van der Waals surface area contributed by atoms with Gasteiger partial charge in [0.25, 0.3) is 0 Å². The maximum absolute atomic E-state index is 12.0. The zero-order valence-corrected chi connectivity index (χ0v) is 15.0. The molecule has 0 aromatic heterocycles. The normalized spacial score (nSPS) is 12.9. The van der Waals surface area contributed by atoms with Crippen molar-refractivity contribution in [3.8, 4) is 23.8 Å². The summed E-state index contributed by atoms with van der Waals surface area (Å²) < 4.78 is 20.7. The number of alkyl halides is 1. The molecule has 1 aromatic rings. The first-order chi connectivity index (χ1) is 10.6. The molecule has 6 heteroatoms. The number of benzene rings is 1. The van der Waals surface area contributed by atoms with Gasteiger partial charge in [0.1, 0.15) is 16.6 Å². The van der Waals surface area contributed by atoms with E-state index in [1.54, 1.807) is 33.3 Å². The molecule has 5 nitrogen and oxygen atoms in total. The minimum atomic E-state index is -0.532. The minimum Gasteiger partial charge on any atom is -0.493 e. The number of rotatable bonds is 8. The van der Waals surface area contributed by atoms with Crippen LogP contribution in [0.2, 0.25) is 0 Å². The van der Waals surface area contributed by atoms with Crippen molar-refractivity contribution in [3.63, 3.8) is 0 Å². The van der Waals surface area contributed by atoms with Gasteiger partial charge in [0.15, 0.2) is 11.5 Å². The van der Waals surface area contributed by atoms with Crippen LogP contribution in [0, 0.1) is 12.3 Å². The smallest absolute Gasteiger partial charge is 0.321 e. The number of methoxy groups -OCH3 is 2. The third-order valence-electron chi connectivity index (χ3n) is 2.86. The number of halogens is 1. The van der Waals surface area contributed by atoms with Gasteiger partial charge in [-0.05, 0) is 24.6 Å². The third-order valence-corrected chi connectivity index (χ3v) is 4.02. The van der Waals surface area contributed by atoms with Crippen LogP contribution >= 0.6 is 22.6 Å². The van der Waals surface area contributed by atoms with Crippen molar-refractivity contribution >= 4 is 28.6 Å². The standard InChI is InChI=1S/C16H19IO5/c1-5-9-22-15(14(17)16(18)21-6-2)11-7-8-12(19-3)13(10-11)20-4/h1,7-8,10,14-15H,6,9H2,2-4H3. The molecule has 1 rings (SSSR count). The molecule has 2 unspecified atom stereocenters. The lowest BCUT2D eigenvalue weighted by Crippen LogP contribution is -2.26. The lowest BCUT2D eigenvalue weighted by molar-refractivity contribution is -0.144. The van der Waals surface area contributed by atoms with E-state index in [2.05, 4.69) is 5.92 Å². The van der Waals surface area contributed by atoms with Crippen LogP contribution in [0.25, 0.3) is 0 Å². The maximum atomic E-state index is 12.0. The van der Waals surface area contributed by atoms with Gasteiger partial charge in [-0.25, -0.2) is 0 Å². The van der Waals surface area contributed by atoms with Gasteiger partial charge in [0.2, 0.25) is 0 Å². The fourth-order valence-corrected chi connectivity index (χ4v) is 2.67. The monoisotopic (exact) mass is 418 g/mol. The molecule has 120 valence electrons. The van der Waals surface area contributed by atoms with Crippen LogP contribution in [-0.2, 0) is 14.3 Å². The minimum absolute atomic E-state index is 0.0952. The van der Waals surface area contributed by atoms with Crippen LogP contribution in [0.4, 0.5) is 0 Å². The van der Waals surface area contributed by atoms with Crippen LogP contribution < -0.4 is 9.47 Å². The van der Waals surface area contributed by atoms with Crippen LogP contribution in [0.5, 0.6) is 11.5 Å². The zero-order chi connectivity index (χ0) is 16.5. The van der Waals surface area contributed by atoms with Gasteiger partial charge in [0.05, 0.1) is 20.8 Å². The summed E-state index contributed by atoms with van der Waals surface area (Å²) in [4.78, 5) is 12.0. The molecule has 0 N–H and O–H groups in total. The molecule has 0 radical (unpaired) electrons. The van der Waals surface area contributed by atoms with Crippen LogP contribution in [0.15, 0.2) is 18.2 Å². The molecule has 0 bridgehead atoms. The Morgan fingerprint density at radius 1 is 1.32 bits per heavy atom. The number of esters is 1. The summed E-state index contributed by atoms with van der Waals surface area (Å²) in [6.07, 6.45) is 4.72. The van der Waals surface area contributed by atoms with Gasteiger partial charge in [-0.2, -0.15) is 0 Å². The van der Waals surface area contributed by atoms with Gasteiger partial charge < -0.3 is 18.9 Å². The fraction of sp³-hybridized carbons (Fsp3) is 0.438. The van der Waals surface area contributed by atoms with Crippen molar-refractivity contribution in [2.45, 2.75) is 17.0 Å². The molecule has 0 aliphatic carbocycles. The third kappa shape index (κ3) is 4.78. The van der Waals surface area contributed by atoms with E-state index in [-0.39, 0.29) is 12.6 Å². The second-order valence-electron chi connectivity index (χ2n) is 4.20. The summed E-state index contributed by atoms with van der Waals surface area (Å²) in [6, 6.07) is 5.34. The van der Waals surface area contributed by atoms with Crippen LogP contribution in [0.3, 0.4) is 0 Å². The second kappa shape index (κ2) is 9.54. The quantitative estimate of drug-likeness (QED) is 0.281. The average Bonchev–Trinajstić information content (AvgIpc) is 2.54. The average molecular weight is 418 g/mol. The van der Waals surface area contributed by atoms with E-state index in [0.29, 0.717) is 18.1 Å². The van der Waals surface area contributed by atoms with Crippen molar-refractivity contribution in [1.29, 1.82) is 0 Å². The molecule has 2 atom stereocenters.